The van der Waals surface area contributed by atoms with Gasteiger partial charge in [-0.15, -0.1) is 0 Å². The number of nitrogens with one attached hydrogen (secondary N) is 1. The van der Waals surface area contributed by atoms with Gasteiger partial charge in [0.05, 0.1) is 5.02 Å². The number of hydrogen-bond acceptors (Lipinski definition) is 4. The molecule has 1 N–H and O–H groups in total. The highest BCUT2D eigenvalue weighted by Crippen LogP contribution is 2.25. The summed E-state index contributed by atoms with van der Waals surface area (Å²) in [5.41, 5.74) is 0.941. The molecule has 0 fully saturated rings. The predicted octanol–water partition coefficient (Wildman–Crippen LogP) is 3.88. The lowest BCUT2D eigenvalue weighted by Gasteiger charge is -2.14. The van der Waals surface area contributed by atoms with E-state index >= 15 is 0 Å². The van der Waals surface area contributed by atoms with Crippen LogP contribution in [0.5, 0.6) is 5.75 Å². The first-order chi connectivity index (χ1) is 12.3. The monoisotopic (exact) mass is 383 g/mol. The van der Waals surface area contributed by atoms with Crippen molar-refractivity contribution in [2.24, 2.45) is 0 Å². The summed E-state index contributed by atoms with van der Waals surface area (Å²) in [6, 6.07) is 7.97. The van der Waals surface area contributed by atoms with E-state index in [1.807, 2.05) is 6.92 Å². The lowest BCUT2D eigenvalue weighted by atomic mass is 10.2. The average Bonchev–Trinajstić information content (AvgIpc) is 2.59. The summed E-state index contributed by atoms with van der Waals surface area (Å²) in [5, 5.41) is 2.66. The highest BCUT2D eigenvalue weighted by Gasteiger charge is 2.19. The number of carbonyl (C=O) groups is 2. The molecule has 0 heterocycles. The van der Waals surface area contributed by atoms with Crippen molar-refractivity contribution in [1.29, 1.82) is 0 Å². The van der Waals surface area contributed by atoms with Gasteiger partial charge in [-0.25, -0.2) is 13.6 Å². The van der Waals surface area contributed by atoms with Gasteiger partial charge in [0.2, 0.25) is 0 Å². The van der Waals surface area contributed by atoms with Crippen LogP contribution in [0.3, 0.4) is 0 Å². The lowest BCUT2D eigenvalue weighted by molar-refractivity contribution is -0.155. The number of halogens is 3. The van der Waals surface area contributed by atoms with Crippen molar-refractivity contribution in [2.75, 3.05) is 11.9 Å². The van der Waals surface area contributed by atoms with Crippen molar-refractivity contribution in [2.45, 2.75) is 20.0 Å². The number of ether oxygens (including phenoxy) is 2. The Bertz CT molecular complexity index is 829. The molecule has 138 valence electrons. The van der Waals surface area contributed by atoms with Crippen LogP contribution in [0, 0.1) is 18.6 Å². The topological polar surface area (TPSA) is 64.6 Å². The number of anilines is 1. The molecule has 8 heteroatoms. The standard InChI is InChI=1S/C18H16ClF2NO4/c1-10-3-5-13(19)16(7-10)25-9-17(23)26-11(2)18(24)22-12-4-6-14(20)15(21)8-12/h3-8,11H,9H2,1-2H3,(H,22,24)/t11-/m1/s1. The van der Waals surface area contributed by atoms with Crippen molar-refractivity contribution in [3.05, 3.63) is 58.6 Å². The van der Waals surface area contributed by atoms with Crippen molar-refractivity contribution >= 4 is 29.2 Å². The minimum Gasteiger partial charge on any atom is -0.480 e. The van der Waals surface area contributed by atoms with Crippen molar-refractivity contribution in [1.82, 2.24) is 0 Å². The highest BCUT2D eigenvalue weighted by molar-refractivity contribution is 6.32. The molecule has 1 amide bonds. The Labute approximate surface area is 153 Å². The predicted molar refractivity (Wildman–Crippen MR) is 92.2 cm³/mol. The van der Waals surface area contributed by atoms with Gasteiger partial charge in [0.25, 0.3) is 5.91 Å². The Morgan fingerprint density at radius 2 is 1.88 bits per heavy atom. The zero-order valence-corrected chi connectivity index (χ0v) is 14.8. The van der Waals surface area contributed by atoms with E-state index in [0.717, 1.165) is 17.7 Å². The summed E-state index contributed by atoms with van der Waals surface area (Å²) in [6.07, 6.45) is -1.16. The summed E-state index contributed by atoms with van der Waals surface area (Å²) in [7, 11) is 0. The number of hydrogen-bond donors (Lipinski definition) is 1. The summed E-state index contributed by atoms with van der Waals surface area (Å²) < 4.78 is 36.2. The molecule has 0 aliphatic carbocycles. The Kier molecular flexibility index (Phi) is 6.52. The van der Waals surface area contributed by atoms with Gasteiger partial charge >= 0.3 is 5.97 Å². The molecular formula is C18H16ClF2NO4. The molecule has 0 aromatic heterocycles. The van der Waals surface area contributed by atoms with Gasteiger partial charge in [0.1, 0.15) is 5.75 Å². The zero-order valence-electron chi connectivity index (χ0n) is 14.0. The van der Waals surface area contributed by atoms with Crippen LogP contribution in [0.15, 0.2) is 36.4 Å². The quantitative estimate of drug-likeness (QED) is 0.769. The summed E-state index contributed by atoms with van der Waals surface area (Å²) >= 11 is 5.95. The number of carbonyl (C=O) groups excluding carboxylic acids is 2. The molecule has 0 saturated carbocycles. The molecule has 2 aromatic rings. The largest absolute Gasteiger partial charge is 0.480 e. The molecule has 0 radical (unpaired) electrons. The first-order valence-corrected chi connectivity index (χ1v) is 7.98. The third kappa shape index (κ3) is 5.42. The molecule has 2 rings (SSSR count). The number of benzene rings is 2. The summed E-state index contributed by atoms with van der Waals surface area (Å²) in [4.78, 5) is 23.7. The Balaban J connectivity index is 1.86. The lowest BCUT2D eigenvalue weighted by Crippen LogP contribution is -2.31. The maximum Gasteiger partial charge on any atom is 0.344 e. The van der Waals surface area contributed by atoms with Gasteiger partial charge in [-0.3, -0.25) is 4.79 Å². The SMILES string of the molecule is Cc1ccc(Cl)c(OCC(=O)O[C@H](C)C(=O)Nc2ccc(F)c(F)c2)c1. The van der Waals surface area contributed by atoms with Crippen LogP contribution < -0.4 is 10.1 Å². The van der Waals surface area contributed by atoms with Gasteiger partial charge < -0.3 is 14.8 Å². The number of esters is 1. The van der Waals surface area contributed by atoms with E-state index in [1.165, 1.54) is 13.0 Å². The maximum absolute atomic E-state index is 13.1. The minimum absolute atomic E-state index is 0.0413. The van der Waals surface area contributed by atoms with Crippen LogP contribution >= 0.6 is 11.6 Å². The third-order valence-electron chi connectivity index (χ3n) is 3.30. The highest BCUT2D eigenvalue weighted by atomic mass is 35.5. The van der Waals surface area contributed by atoms with Gasteiger partial charge in [-0.05, 0) is 43.7 Å². The van der Waals surface area contributed by atoms with Crippen molar-refractivity contribution < 1.29 is 27.8 Å². The molecule has 0 saturated heterocycles. The molecule has 26 heavy (non-hydrogen) atoms. The number of amides is 1. The first kappa shape index (κ1) is 19.7. The fourth-order valence-electron chi connectivity index (χ4n) is 1.96. The molecular weight excluding hydrogens is 368 g/mol. The Morgan fingerprint density at radius 1 is 1.15 bits per heavy atom. The van der Waals surface area contributed by atoms with Gasteiger partial charge in [0, 0.05) is 11.8 Å². The summed E-state index contributed by atoms with van der Waals surface area (Å²) in [5.74, 6) is -3.29. The molecule has 0 aliphatic rings. The average molecular weight is 384 g/mol. The fourth-order valence-corrected chi connectivity index (χ4v) is 2.13. The second-order valence-corrected chi connectivity index (χ2v) is 5.88. The Hall–Kier alpha value is -2.67. The number of rotatable bonds is 6. The van der Waals surface area contributed by atoms with Crippen molar-refractivity contribution in [3.63, 3.8) is 0 Å². The van der Waals surface area contributed by atoms with Gasteiger partial charge in [0.15, 0.2) is 24.3 Å². The maximum atomic E-state index is 13.1. The minimum atomic E-state index is -1.16. The van der Waals surface area contributed by atoms with Gasteiger partial charge in [-0.1, -0.05) is 17.7 Å². The molecule has 2 aromatic carbocycles. The molecule has 0 spiro atoms. The van der Waals surface area contributed by atoms with Gasteiger partial charge in [-0.2, -0.15) is 0 Å². The molecule has 0 unspecified atom stereocenters. The fraction of sp³-hybridized carbons (Fsp3) is 0.222. The van der Waals surface area contributed by atoms with Crippen LogP contribution in [-0.2, 0) is 14.3 Å². The van der Waals surface area contributed by atoms with Crippen LogP contribution in [0.2, 0.25) is 5.02 Å². The smallest absolute Gasteiger partial charge is 0.344 e. The van der Waals surface area contributed by atoms with E-state index in [2.05, 4.69) is 5.32 Å². The van der Waals surface area contributed by atoms with E-state index in [9.17, 15) is 18.4 Å². The van der Waals surface area contributed by atoms with Crippen LogP contribution in [0.25, 0.3) is 0 Å². The molecule has 0 aliphatic heterocycles. The third-order valence-corrected chi connectivity index (χ3v) is 3.61. The zero-order chi connectivity index (χ0) is 19.3. The molecule has 1 atom stereocenters. The van der Waals surface area contributed by atoms with Crippen LogP contribution in [0.4, 0.5) is 14.5 Å². The van der Waals surface area contributed by atoms with E-state index in [-0.39, 0.29) is 5.69 Å². The van der Waals surface area contributed by atoms with Crippen LogP contribution in [-0.4, -0.2) is 24.6 Å². The van der Waals surface area contributed by atoms with E-state index in [0.29, 0.717) is 10.8 Å². The van der Waals surface area contributed by atoms with Crippen molar-refractivity contribution in [3.8, 4) is 5.75 Å². The van der Waals surface area contributed by atoms with E-state index in [1.54, 1.807) is 18.2 Å². The number of aryl methyl sites for hydroxylation is 1. The normalized spacial score (nSPS) is 11.6. The van der Waals surface area contributed by atoms with E-state index in [4.69, 9.17) is 21.1 Å². The second kappa shape index (κ2) is 8.62. The van der Waals surface area contributed by atoms with E-state index < -0.39 is 36.2 Å². The van der Waals surface area contributed by atoms with Crippen LogP contribution in [0.1, 0.15) is 12.5 Å². The molecule has 5 nitrogen and oxygen atoms in total. The summed E-state index contributed by atoms with van der Waals surface area (Å²) in [6.45, 7) is 2.74. The second-order valence-electron chi connectivity index (χ2n) is 5.47. The molecule has 0 bridgehead atoms. The first-order valence-electron chi connectivity index (χ1n) is 7.60. The Morgan fingerprint density at radius 3 is 2.58 bits per heavy atom.